The number of nitrogens with zero attached hydrogens (tertiary/aromatic N) is 3. The summed E-state index contributed by atoms with van der Waals surface area (Å²) >= 11 is 0. The Balaban J connectivity index is 1.48. The van der Waals surface area contributed by atoms with Crippen molar-refractivity contribution in [2.45, 2.75) is 63.8 Å². The summed E-state index contributed by atoms with van der Waals surface area (Å²) in [5.41, 5.74) is 0.804. The first kappa shape index (κ1) is 17.5. The Bertz CT molecular complexity index is 743. The third-order valence-corrected chi connectivity index (χ3v) is 5.62. The molecule has 4 rings (SSSR count). The number of nitrogens with one attached hydrogen (secondary N) is 1. The standard InChI is InChI=1S/C20H28N4O2/c25-17(15-10-12-26-13-11-15)14-18-22-20-9-5-8-19(24(20)23-18)21-16-6-3-1-2-4-7-16/h5,8-9,15-16,21H,1-4,6-7,10-14H2. The Morgan fingerprint density at radius 2 is 1.88 bits per heavy atom. The Morgan fingerprint density at radius 3 is 2.65 bits per heavy atom. The molecule has 0 radical (unpaired) electrons. The highest BCUT2D eigenvalue weighted by Gasteiger charge is 2.23. The number of ether oxygens (including phenoxy) is 1. The summed E-state index contributed by atoms with van der Waals surface area (Å²) in [4.78, 5) is 17.1. The minimum Gasteiger partial charge on any atom is -0.381 e. The molecule has 1 aliphatic heterocycles. The van der Waals surface area contributed by atoms with Crippen LogP contribution >= 0.6 is 0 Å². The first-order valence-corrected chi connectivity index (χ1v) is 10.0. The average Bonchev–Trinajstić information content (AvgIpc) is 2.90. The zero-order chi connectivity index (χ0) is 17.8. The zero-order valence-corrected chi connectivity index (χ0v) is 15.3. The Kier molecular flexibility index (Phi) is 5.48. The van der Waals surface area contributed by atoms with Gasteiger partial charge < -0.3 is 10.1 Å². The number of fused-ring (bicyclic) bond motifs is 1. The van der Waals surface area contributed by atoms with E-state index in [9.17, 15) is 4.79 Å². The molecule has 2 fully saturated rings. The maximum absolute atomic E-state index is 12.5. The molecule has 26 heavy (non-hydrogen) atoms. The van der Waals surface area contributed by atoms with E-state index in [1.54, 1.807) is 0 Å². The molecule has 0 unspecified atom stereocenters. The van der Waals surface area contributed by atoms with E-state index in [0.29, 0.717) is 31.5 Å². The molecular formula is C20H28N4O2. The van der Waals surface area contributed by atoms with Crippen LogP contribution in [0.5, 0.6) is 0 Å². The lowest BCUT2D eigenvalue weighted by atomic mass is 9.93. The van der Waals surface area contributed by atoms with Crippen molar-refractivity contribution in [1.82, 2.24) is 14.6 Å². The molecule has 140 valence electrons. The third-order valence-electron chi connectivity index (χ3n) is 5.62. The molecule has 1 aliphatic carbocycles. The maximum Gasteiger partial charge on any atom is 0.159 e. The SMILES string of the molecule is O=C(Cc1nc2cccc(NC3CCCCCC3)n2n1)C1CCOCC1. The summed E-state index contributed by atoms with van der Waals surface area (Å²) in [6.07, 6.45) is 9.62. The second-order valence-corrected chi connectivity index (χ2v) is 7.57. The molecule has 1 saturated heterocycles. The molecule has 2 aromatic heterocycles. The van der Waals surface area contributed by atoms with Gasteiger partial charge in [0.1, 0.15) is 11.6 Å². The van der Waals surface area contributed by atoms with Gasteiger partial charge in [0.05, 0.1) is 6.42 Å². The average molecular weight is 356 g/mol. The zero-order valence-electron chi connectivity index (χ0n) is 15.3. The number of hydrogen-bond acceptors (Lipinski definition) is 5. The van der Waals surface area contributed by atoms with Gasteiger partial charge in [-0.05, 0) is 37.8 Å². The van der Waals surface area contributed by atoms with Crippen molar-refractivity contribution < 1.29 is 9.53 Å². The molecule has 1 saturated carbocycles. The number of carbonyl (C=O) groups excluding carboxylic acids is 1. The Labute approximate surface area is 154 Å². The lowest BCUT2D eigenvalue weighted by Gasteiger charge is -2.20. The van der Waals surface area contributed by atoms with Crippen LogP contribution in [0.1, 0.15) is 57.2 Å². The fraction of sp³-hybridized carbons (Fsp3) is 0.650. The summed E-state index contributed by atoms with van der Waals surface area (Å²) in [6.45, 7) is 1.37. The minimum atomic E-state index is 0.0962. The Morgan fingerprint density at radius 1 is 1.12 bits per heavy atom. The molecule has 0 amide bonds. The van der Waals surface area contributed by atoms with Crippen LogP contribution < -0.4 is 5.32 Å². The van der Waals surface area contributed by atoms with E-state index in [-0.39, 0.29) is 11.7 Å². The van der Waals surface area contributed by atoms with E-state index in [1.165, 1.54) is 38.5 Å². The van der Waals surface area contributed by atoms with E-state index >= 15 is 0 Å². The number of anilines is 1. The second-order valence-electron chi connectivity index (χ2n) is 7.57. The number of hydrogen-bond donors (Lipinski definition) is 1. The molecule has 2 aromatic rings. The molecule has 0 aromatic carbocycles. The number of pyridine rings is 1. The number of aromatic nitrogens is 3. The van der Waals surface area contributed by atoms with Crippen molar-refractivity contribution in [2.75, 3.05) is 18.5 Å². The van der Waals surface area contributed by atoms with Gasteiger partial charge in [-0.3, -0.25) is 4.79 Å². The van der Waals surface area contributed by atoms with Crippen molar-refractivity contribution in [2.24, 2.45) is 5.92 Å². The lowest BCUT2D eigenvalue weighted by molar-refractivity contribution is -0.125. The monoisotopic (exact) mass is 356 g/mol. The van der Waals surface area contributed by atoms with E-state index in [1.807, 2.05) is 16.6 Å². The van der Waals surface area contributed by atoms with Gasteiger partial charge in [0.2, 0.25) is 0 Å². The van der Waals surface area contributed by atoms with Crippen LogP contribution in [0, 0.1) is 5.92 Å². The molecule has 1 N–H and O–H groups in total. The van der Waals surface area contributed by atoms with Crippen LogP contribution in [0.15, 0.2) is 18.2 Å². The van der Waals surface area contributed by atoms with Crippen molar-refractivity contribution in [3.8, 4) is 0 Å². The minimum absolute atomic E-state index is 0.0962. The van der Waals surface area contributed by atoms with Crippen LogP contribution in [0.2, 0.25) is 0 Å². The predicted octanol–water partition coefficient (Wildman–Crippen LogP) is 3.40. The largest absolute Gasteiger partial charge is 0.381 e. The van der Waals surface area contributed by atoms with Crippen molar-refractivity contribution in [3.63, 3.8) is 0 Å². The van der Waals surface area contributed by atoms with Crippen LogP contribution in [0.3, 0.4) is 0 Å². The van der Waals surface area contributed by atoms with E-state index in [4.69, 9.17) is 4.74 Å². The fourth-order valence-corrected chi connectivity index (χ4v) is 4.09. The quantitative estimate of drug-likeness (QED) is 0.832. The van der Waals surface area contributed by atoms with Crippen molar-refractivity contribution >= 4 is 17.2 Å². The van der Waals surface area contributed by atoms with Crippen LogP contribution in [-0.4, -0.2) is 39.6 Å². The van der Waals surface area contributed by atoms with Gasteiger partial charge in [-0.2, -0.15) is 4.52 Å². The topological polar surface area (TPSA) is 68.5 Å². The number of ketones is 1. The molecule has 2 aliphatic rings. The first-order chi connectivity index (χ1) is 12.8. The van der Waals surface area contributed by atoms with Crippen molar-refractivity contribution in [1.29, 1.82) is 0 Å². The fourth-order valence-electron chi connectivity index (χ4n) is 4.09. The van der Waals surface area contributed by atoms with Crippen molar-refractivity contribution in [3.05, 3.63) is 24.0 Å². The highest BCUT2D eigenvalue weighted by molar-refractivity contribution is 5.82. The molecule has 6 nitrogen and oxygen atoms in total. The van der Waals surface area contributed by atoms with Crippen LogP contribution in [0.4, 0.5) is 5.82 Å². The number of rotatable bonds is 5. The normalized spacial score (nSPS) is 20.2. The summed E-state index contributed by atoms with van der Waals surface area (Å²) in [6, 6.07) is 6.51. The third kappa shape index (κ3) is 4.06. The summed E-state index contributed by atoms with van der Waals surface area (Å²) in [5, 5.41) is 8.28. The smallest absolute Gasteiger partial charge is 0.159 e. The van der Waals surface area contributed by atoms with Gasteiger partial charge in [-0.15, -0.1) is 5.10 Å². The van der Waals surface area contributed by atoms with Gasteiger partial charge in [-0.25, -0.2) is 4.98 Å². The highest BCUT2D eigenvalue weighted by Crippen LogP contribution is 2.22. The van der Waals surface area contributed by atoms with E-state index in [2.05, 4.69) is 21.5 Å². The number of Topliss-reactive ketones (excluding diaryl/α,β-unsaturated/α-hetero) is 1. The lowest BCUT2D eigenvalue weighted by Crippen LogP contribution is -2.25. The summed E-state index contributed by atoms with van der Waals surface area (Å²) in [7, 11) is 0. The van der Waals surface area contributed by atoms with Gasteiger partial charge >= 0.3 is 0 Å². The molecule has 3 heterocycles. The molecule has 6 heteroatoms. The second kappa shape index (κ2) is 8.16. The van der Waals surface area contributed by atoms with Gasteiger partial charge in [-0.1, -0.05) is 31.7 Å². The Hall–Kier alpha value is -1.95. The predicted molar refractivity (Wildman–Crippen MR) is 100 cm³/mol. The van der Waals surface area contributed by atoms with Crippen LogP contribution in [0.25, 0.3) is 5.65 Å². The molecule has 0 spiro atoms. The number of carbonyl (C=O) groups is 1. The van der Waals surface area contributed by atoms with Gasteiger partial charge in [0.25, 0.3) is 0 Å². The van der Waals surface area contributed by atoms with Gasteiger partial charge in [0.15, 0.2) is 11.5 Å². The van der Waals surface area contributed by atoms with E-state index < -0.39 is 0 Å². The first-order valence-electron chi connectivity index (χ1n) is 10.0. The molecule has 0 atom stereocenters. The highest BCUT2D eigenvalue weighted by atomic mass is 16.5. The van der Waals surface area contributed by atoms with E-state index in [0.717, 1.165) is 24.3 Å². The summed E-state index contributed by atoms with van der Waals surface area (Å²) < 4.78 is 7.21. The summed E-state index contributed by atoms with van der Waals surface area (Å²) in [5.74, 6) is 1.93. The maximum atomic E-state index is 12.5. The van der Waals surface area contributed by atoms with Gasteiger partial charge in [0, 0.05) is 25.2 Å². The molecule has 0 bridgehead atoms. The molecular weight excluding hydrogens is 328 g/mol. The van der Waals surface area contributed by atoms with Crippen LogP contribution in [-0.2, 0) is 16.0 Å².